The Morgan fingerprint density at radius 2 is 1.96 bits per heavy atom. The second-order valence-electron chi connectivity index (χ2n) is 7.32. The summed E-state index contributed by atoms with van der Waals surface area (Å²) >= 11 is 0. The molecule has 3 aromatic rings. The van der Waals surface area contributed by atoms with E-state index >= 15 is 0 Å². The number of carbonyl (C=O) groups is 2. The van der Waals surface area contributed by atoms with Gasteiger partial charge in [-0.3, -0.25) is 9.59 Å². The third-order valence-electron chi connectivity index (χ3n) is 4.89. The number of fused-ring (bicyclic) bond motifs is 1. The average molecular weight is 376 g/mol. The minimum Gasteiger partial charge on any atom is -0.352 e. The van der Waals surface area contributed by atoms with Crippen LogP contribution in [0.25, 0.3) is 11.0 Å². The van der Waals surface area contributed by atoms with Gasteiger partial charge in [-0.1, -0.05) is 29.8 Å². The zero-order chi connectivity index (χ0) is 19.5. The van der Waals surface area contributed by atoms with Crippen molar-refractivity contribution in [1.29, 1.82) is 0 Å². The summed E-state index contributed by atoms with van der Waals surface area (Å²) in [6, 6.07) is 15.6. The van der Waals surface area contributed by atoms with E-state index in [4.69, 9.17) is 0 Å². The number of amides is 2. The van der Waals surface area contributed by atoms with Crippen molar-refractivity contribution in [2.45, 2.75) is 38.8 Å². The Morgan fingerprint density at radius 3 is 2.75 bits per heavy atom. The van der Waals surface area contributed by atoms with Gasteiger partial charge in [0, 0.05) is 24.6 Å². The maximum atomic E-state index is 12.3. The Kier molecular flexibility index (Phi) is 5.10. The monoisotopic (exact) mass is 376 g/mol. The number of nitrogens with zero attached hydrogens (tertiary/aromatic N) is 2. The molecule has 2 amide bonds. The summed E-state index contributed by atoms with van der Waals surface area (Å²) in [6.45, 7) is 2.67. The van der Waals surface area contributed by atoms with Gasteiger partial charge in [0.2, 0.25) is 5.91 Å². The highest BCUT2D eigenvalue weighted by molar-refractivity contribution is 5.94. The van der Waals surface area contributed by atoms with E-state index in [-0.39, 0.29) is 18.4 Å². The fraction of sp³-hybridized carbons (Fsp3) is 0.318. The van der Waals surface area contributed by atoms with Crippen LogP contribution in [0.3, 0.4) is 0 Å². The number of carbonyl (C=O) groups excluding carboxylic acids is 2. The average Bonchev–Trinajstić information content (AvgIpc) is 3.43. The summed E-state index contributed by atoms with van der Waals surface area (Å²) in [5, 5.41) is 5.98. The number of para-hydroxylation sites is 2. The van der Waals surface area contributed by atoms with Gasteiger partial charge in [-0.25, -0.2) is 4.98 Å². The van der Waals surface area contributed by atoms with E-state index in [2.05, 4.69) is 15.6 Å². The van der Waals surface area contributed by atoms with Crippen LogP contribution in [0.5, 0.6) is 0 Å². The number of rotatable bonds is 7. The fourth-order valence-corrected chi connectivity index (χ4v) is 3.31. The normalized spacial score (nSPS) is 13.5. The summed E-state index contributed by atoms with van der Waals surface area (Å²) < 4.78 is 1.95. The molecule has 1 aromatic heterocycles. The number of nitrogens with one attached hydrogen (secondary N) is 2. The van der Waals surface area contributed by atoms with Gasteiger partial charge in [-0.2, -0.15) is 0 Å². The lowest BCUT2D eigenvalue weighted by atomic mass is 10.1. The van der Waals surface area contributed by atoms with Crippen LogP contribution in [-0.2, 0) is 17.8 Å². The third kappa shape index (κ3) is 4.22. The summed E-state index contributed by atoms with van der Waals surface area (Å²) in [5.74, 6) is 0.713. The summed E-state index contributed by atoms with van der Waals surface area (Å²) in [5.41, 5.74) is 3.50. The third-order valence-corrected chi connectivity index (χ3v) is 4.89. The second-order valence-corrected chi connectivity index (χ2v) is 7.32. The zero-order valence-corrected chi connectivity index (χ0v) is 15.9. The van der Waals surface area contributed by atoms with E-state index in [1.807, 2.05) is 54.0 Å². The number of aromatic nitrogens is 2. The fourth-order valence-electron chi connectivity index (χ4n) is 3.31. The highest BCUT2D eigenvalue weighted by Crippen LogP contribution is 2.20. The molecule has 144 valence electrons. The first-order valence-corrected chi connectivity index (χ1v) is 9.68. The molecule has 0 aliphatic heterocycles. The topological polar surface area (TPSA) is 76.0 Å². The Balaban J connectivity index is 1.45. The number of hydrogen-bond acceptors (Lipinski definition) is 3. The van der Waals surface area contributed by atoms with E-state index < -0.39 is 0 Å². The summed E-state index contributed by atoms with van der Waals surface area (Å²) in [7, 11) is 0. The van der Waals surface area contributed by atoms with Crippen molar-refractivity contribution in [3.05, 3.63) is 65.5 Å². The standard InChI is InChI=1S/C22H24N4O2/c1-15-5-4-6-16(13-15)22(28)23-12-11-20-25-18-7-2-3-8-19(18)26(20)14-21(27)24-17-9-10-17/h2-8,13,17H,9-12,14H2,1H3,(H,23,28)(H,24,27). The van der Waals surface area contributed by atoms with Gasteiger partial charge in [0.25, 0.3) is 5.91 Å². The summed E-state index contributed by atoms with van der Waals surface area (Å²) in [4.78, 5) is 29.3. The second kappa shape index (κ2) is 7.84. The van der Waals surface area contributed by atoms with E-state index in [1.165, 1.54) is 0 Å². The molecule has 0 unspecified atom stereocenters. The molecule has 2 N–H and O–H groups in total. The molecule has 0 atom stereocenters. The molecule has 1 heterocycles. The molecule has 0 saturated heterocycles. The number of benzene rings is 2. The van der Waals surface area contributed by atoms with Crippen molar-refractivity contribution < 1.29 is 9.59 Å². The molecule has 0 spiro atoms. The predicted molar refractivity (Wildman–Crippen MR) is 108 cm³/mol. The molecule has 1 fully saturated rings. The highest BCUT2D eigenvalue weighted by atomic mass is 16.2. The largest absolute Gasteiger partial charge is 0.352 e. The first kappa shape index (κ1) is 18.2. The molecule has 4 rings (SSSR count). The first-order valence-electron chi connectivity index (χ1n) is 9.68. The Labute approximate surface area is 164 Å². The van der Waals surface area contributed by atoms with E-state index in [9.17, 15) is 9.59 Å². The minimum absolute atomic E-state index is 0.00991. The van der Waals surface area contributed by atoms with E-state index in [1.54, 1.807) is 6.07 Å². The van der Waals surface area contributed by atoms with Gasteiger partial charge in [0.05, 0.1) is 11.0 Å². The van der Waals surface area contributed by atoms with Gasteiger partial charge < -0.3 is 15.2 Å². The lowest BCUT2D eigenvalue weighted by molar-refractivity contribution is -0.121. The van der Waals surface area contributed by atoms with Crippen molar-refractivity contribution in [3.63, 3.8) is 0 Å². The SMILES string of the molecule is Cc1cccc(C(=O)NCCc2nc3ccccc3n2CC(=O)NC2CC2)c1. The summed E-state index contributed by atoms with van der Waals surface area (Å²) in [6.07, 6.45) is 2.69. The molecule has 6 heteroatoms. The Bertz CT molecular complexity index is 1020. The van der Waals surface area contributed by atoms with Crippen LogP contribution in [0.15, 0.2) is 48.5 Å². The maximum absolute atomic E-state index is 12.3. The van der Waals surface area contributed by atoms with Gasteiger partial charge in [-0.05, 0) is 44.0 Å². The van der Waals surface area contributed by atoms with Crippen molar-refractivity contribution >= 4 is 22.8 Å². The van der Waals surface area contributed by atoms with Crippen molar-refractivity contribution in [2.24, 2.45) is 0 Å². The highest BCUT2D eigenvalue weighted by Gasteiger charge is 2.24. The molecule has 2 aromatic carbocycles. The molecule has 0 bridgehead atoms. The van der Waals surface area contributed by atoms with Gasteiger partial charge in [-0.15, -0.1) is 0 Å². The van der Waals surface area contributed by atoms with Crippen LogP contribution < -0.4 is 10.6 Å². The van der Waals surface area contributed by atoms with Gasteiger partial charge in [0.1, 0.15) is 12.4 Å². The number of hydrogen-bond donors (Lipinski definition) is 2. The molecular formula is C22H24N4O2. The molecule has 28 heavy (non-hydrogen) atoms. The van der Waals surface area contributed by atoms with Gasteiger partial charge in [0.15, 0.2) is 0 Å². The smallest absolute Gasteiger partial charge is 0.251 e. The van der Waals surface area contributed by atoms with Crippen LogP contribution >= 0.6 is 0 Å². The van der Waals surface area contributed by atoms with Crippen LogP contribution in [0.1, 0.15) is 34.6 Å². The number of aryl methyl sites for hydroxylation is 1. The van der Waals surface area contributed by atoms with Crippen LogP contribution in [-0.4, -0.2) is 34.0 Å². The molecule has 1 aliphatic rings. The minimum atomic E-state index is -0.0992. The van der Waals surface area contributed by atoms with Crippen LogP contribution in [0.2, 0.25) is 0 Å². The first-order chi connectivity index (χ1) is 13.6. The zero-order valence-electron chi connectivity index (χ0n) is 15.9. The van der Waals surface area contributed by atoms with Crippen LogP contribution in [0, 0.1) is 6.92 Å². The predicted octanol–water partition coefficient (Wildman–Crippen LogP) is 2.60. The van der Waals surface area contributed by atoms with Crippen molar-refractivity contribution in [1.82, 2.24) is 20.2 Å². The quantitative estimate of drug-likeness (QED) is 0.665. The Hall–Kier alpha value is -3.15. The van der Waals surface area contributed by atoms with Crippen LogP contribution in [0.4, 0.5) is 0 Å². The number of imidazole rings is 1. The molecule has 1 saturated carbocycles. The molecule has 6 nitrogen and oxygen atoms in total. The molecule has 1 aliphatic carbocycles. The molecular weight excluding hydrogens is 352 g/mol. The van der Waals surface area contributed by atoms with E-state index in [0.717, 1.165) is 35.3 Å². The molecule has 0 radical (unpaired) electrons. The van der Waals surface area contributed by atoms with E-state index in [0.29, 0.717) is 24.6 Å². The van der Waals surface area contributed by atoms with Crippen molar-refractivity contribution in [3.8, 4) is 0 Å². The Morgan fingerprint density at radius 1 is 1.14 bits per heavy atom. The maximum Gasteiger partial charge on any atom is 0.251 e. The van der Waals surface area contributed by atoms with Crippen molar-refractivity contribution in [2.75, 3.05) is 6.54 Å². The lowest BCUT2D eigenvalue weighted by Gasteiger charge is -2.10. The lowest BCUT2D eigenvalue weighted by Crippen LogP contribution is -2.30. The van der Waals surface area contributed by atoms with Gasteiger partial charge >= 0.3 is 0 Å².